The van der Waals surface area contributed by atoms with Crippen LogP contribution < -0.4 is 10.1 Å². The second-order valence-corrected chi connectivity index (χ2v) is 4.62. The van der Waals surface area contributed by atoms with E-state index in [2.05, 4.69) is 5.32 Å². The number of carbonyl (C=O) groups excluding carboxylic acids is 1. The van der Waals surface area contributed by atoms with Crippen LogP contribution in [0.5, 0.6) is 5.75 Å². The second-order valence-electron chi connectivity index (χ2n) is 4.62. The number of carbonyl (C=O) groups is 1. The van der Waals surface area contributed by atoms with E-state index in [1.165, 1.54) is 13.2 Å². The Morgan fingerprint density at radius 1 is 1.23 bits per heavy atom. The van der Waals surface area contributed by atoms with Crippen molar-refractivity contribution in [1.82, 2.24) is 0 Å². The molecule has 2 rings (SSSR count). The molecule has 1 N–H and O–H groups in total. The number of hydrogen-bond acceptors (Lipinski definition) is 4. The largest absolute Gasteiger partial charge is 0.494 e. The topological polar surface area (TPSA) is 47.6 Å². The number of nitrogens with one attached hydrogen (secondary N) is 1. The Labute approximate surface area is 128 Å². The molecule has 0 radical (unpaired) electrons. The Balaban J connectivity index is 2.04. The van der Waals surface area contributed by atoms with E-state index < -0.39 is 5.82 Å². The molecule has 0 saturated heterocycles. The molecule has 0 aromatic heterocycles. The van der Waals surface area contributed by atoms with E-state index in [-0.39, 0.29) is 11.7 Å². The molecule has 5 heteroatoms. The molecule has 22 heavy (non-hydrogen) atoms. The fraction of sp³-hybridized carbons (Fsp3) is 0.235. The summed E-state index contributed by atoms with van der Waals surface area (Å²) in [7, 11) is 1.43. The predicted octanol–water partition coefficient (Wildman–Crippen LogP) is 3.62. The van der Waals surface area contributed by atoms with E-state index >= 15 is 0 Å². The molecule has 0 unspecified atom stereocenters. The van der Waals surface area contributed by atoms with Gasteiger partial charge in [-0.05, 0) is 42.8 Å². The SMILES string of the molecule is CCOC(=O)c1cccc(NCc2ccc(OC)c(F)c2)c1. The van der Waals surface area contributed by atoms with Crippen molar-refractivity contribution in [2.75, 3.05) is 19.0 Å². The molecule has 0 fully saturated rings. The first-order valence-corrected chi connectivity index (χ1v) is 6.97. The Bertz CT molecular complexity index is 658. The minimum Gasteiger partial charge on any atom is -0.494 e. The highest BCUT2D eigenvalue weighted by Gasteiger charge is 2.07. The van der Waals surface area contributed by atoms with Crippen LogP contribution in [0.2, 0.25) is 0 Å². The lowest BCUT2D eigenvalue weighted by molar-refractivity contribution is 0.0526. The van der Waals surface area contributed by atoms with Crippen LogP contribution in [0.4, 0.5) is 10.1 Å². The third-order valence-electron chi connectivity index (χ3n) is 3.09. The lowest BCUT2D eigenvalue weighted by Crippen LogP contribution is -2.06. The highest BCUT2D eigenvalue weighted by atomic mass is 19.1. The molecule has 116 valence electrons. The molecule has 0 atom stereocenters. The van der Waals surface area contributed by atoms with Crippen molar-refractivity contribution in [3.05, 3.63) is 59.4 Å². The Morgan fingerprint density at radius 3 is 2.73 bits per heavy atom. The summed E-state index contributed by atoms with van der Waals surface area (Å²) < 4.78 is 23.5. The van der Waals surface area contributed by atoms with Crippen LogP contribution in [-0.4, -0.2) is 19.7 Å². The average molecular weight is 303 g/mol. The van der Waals surface area contributed by atoms with Crippen LogP contribution in [0.15, 0.2) is 42.5 Å². The number of ether oxygens (including phenoxy) is 2. The maximum Gasteiger partial charge on any atom is 0.338 e. The van der Waals surface area contributed by atoms with Gasteiger partial charge in [0, 0.05) is 12.2 Å². The van der Waals surface area contributed by atoms with E-state index in [1.807, 2.05) is 6.07 Å². The van der Waals surface area contributed by atoms with E-state index in [0.29, 0.717) is 18.7 Å². The van der Waals surface area contributed by atoms with E-state index in [4.69, 9.17) is 9.47 Å². The molecule has 0 heterocycles. The van der Waals surface area contributed by atoms with Crippen molar-refractivity contribution >= 4 is 11.7 Å². The molecule has 0 aliphatic carbocycles. The van der Waals surface area contributed by atoms with Crippen LogP contribution >= 0.6 is 0 Å². The fourth-order valence-corrected chi connectivity index (χ4v) is 1.99. The number of rotatable bonds is 6. The molecule has 0 aliphatic heterocycles. The van der Waals surface area contributed by atoms with Gasteiger partial charge in [0.05, 0.1) is 19.3 Å². The summed E-state index contributed by atoms with van der Waals surface area (Å²) in [5.41, 5.74) is 2.02. The van der Waals surface area contributed by atoms with Crippen molar-refractivity contribution in [2.24, 2.45) is 0 Å². The van der Waals surface area contributed by atoms with Gasteiger partial charge >= 0.3 is 5.97 Å². The van der Waals surface area contributed by atoms with Crippen LogP contribution in [0.3, 0.4) is 0 Å². The van der Waals surface area contributed by atoms with Crippen molar-refractivity contribution in [1.29, 1.82) is 0 Å². The van der Waals surface area contributed by atoms with Gasteiger partial charge in [0.15, 0.2) is 11.6 Å². The molecule has 0 spiro atoms. The van der Waals surface area contributed by atoms with E-state index in [9.17, 15) is 9.18 Å². The maximum absolute atomic E-state index is 13.6. The monoisotopic (exact) mass is 303 g/mol. The second kappa shape index (κ2) is 7.45. The van der Waals surface area contributed by atoms with Crippen LogP contribution in [0.25, 0.3) is 0 Å². The predicted molar refractivity (Wildman–Crippen MR) is 82.7 cm³/mol. The van der Waals surface area contributed by atoms with Gasteiger partial charge in [-0.25, -0.2) is 9.18 Å². The van der Waals surface area contributed by atoms with Gasteiger partial charge in [-0.15, -0.1) is 0 Å². The normalized spacial score (nSPS) is 10.1. The minimum atomic E-state index is -0.401. The number of benzene rings is 2. The van der Waals surface area contributed by atoms with Crippen molar-refractivity contribution in [3.8, 4) is 5.75 Å². The molecule has 4 nitrogen and oxygen atoms in total. The molecule has 0 amide bonds. The molecular weight excluding hydrogens is 285 g/mol. The highest BCUT2D eigenvalue weighted by molar-refractivity contribution is 5.90. The molecule has 2 aromatic carbocycles. The Hall–Kier alpha value is -2.56. The van der Waals surface area contributed by atoms with Crippen molar-refractivity contribution in [3.63, 3.8) is 0 Å². The maximum atomic E-state index is 13.6. The average Bonchev–Trinajstić information content (AvgIpc) is 2.53. The van der Waals surface area contributed by atoms with E-state index in [1.54, 1.807) is 37.3 Å². The van der Waals surface area contributed by atoms with Gasteiger partial charge in [0.25, 0.3) is 0 Å². The van der Waals surface area contributed by atoms with Crippen molar-refractivity contribution in [2.45, 2.75) is 13.5 Å². The van der Waals surface area contributed by atoms with Crippen LogP contribution in [0.1, 0.15) is 22.8 Å². The summed E-state index contributed by atoms with van der Waals surface area (Å²) in [6, 6.07) is 11.8. The summed E-state index contributed by atoms with van der Waals surface area (Å²) in [5, 5.41) is 3.15. The Kier molecular flexibility index (Phi) is 5.36. The zero-order valence-corrected chi connectivity index (χ0v) is 12.6. The zero-order chi connectivity index (χ0) is 15.9. The molecular formula is C17H18FNO3. The van der Waals surface area contributed by atoms with Gasteiger partial charge in [0.2, 0.25) is 0 Å². The summed E-state index contributed by atoms with van der Waals surface area (Å²) in [6.45, 7) is 2.53. The van der Waals surface area contributed by atoms with Gasteiger partial charge in [-0.2, -0.15) is 0 Å². The van der Waals surface area contributed by atoms with Gasteiger partial charge in [0.1, 0.15) is 0 Å². The highest BCUT2D eigenvalue weighted by Crippen LogP contribution is 2.19. The summed E-state index contributed by atoms with van der Waals surface area (Å²) >= 11 is 0. The number of halogens is 1. The molecule has 2 aromatic rings. The van der Waals surface area contributed by atoms with Gasteiger partial charge < -0.3 is 14.8 Å². The third-order valence-corrected chi connectivity index (χ3v) is 3.09. The first-order chi connectivity index (χ1) is 10.6. The minimum absolute atomic E-state index is 0.216. The Morgan fingerprint density at radius 2 is 2.05 bits per heavy atom. The summed E-state index contributed by atoms with van der Waals surface area (Å²) in [4.78, 5) is 11.7. The zero-order valence-electron chi connectivity index (χ0n) is 12.6. The fourth-order valence-electron chi connectivity index (χ4n) is 1.99. The number of hydrogen-bond donors (Lipinski definition) is 1. The standard InChI is InChI=1S/C17H18FNO3/c1-3-22-17(20)13-5-4-6-14(10-13)19-11-12-7-8-16(21-2)15(18)9-12/h4-10,19H,3,11H2,1-2H3. The first-order valence-electron chi connectivity index (χ1n) is 6.97. The first kappa shape index (κ1) is 15.8. The van der Waals surface area contributed by atoms with Crippen molar-refractivity contribution < 1.29 is 18.7 Å². The lowest BCUT2D eigenvalue weighted by Gasteiger charge is -2.09. The number of anilines is 1. The quantitative estimate of drug-likeness (QED) is 0.828. The van der Waals surface area contributed by atoms with Crippen LogP contribution in [-0.2, 0) is 11.3 Å². The summed E-state index contributed by atoms with van der Waals surface area (Å²) in [6.07, 6.45) is 0. The van der Waals surface area contributed by atoms with Gasteiger partial charge in [-0.3, -0.25) is 0 Å². The van der Waals surface area contributed by atoms with Crippen LogP contribution in [0, 0.1) is 5.82 Å². The molecule has 0 bridgehead atoms. The summed E-state index contributed by atoms with van der Waals surface area (Å²) in [5.74, 6) is -0.545. The molecule has 0 saturated carbocycles. The number of methoxy groups -OCH3 is 1. The third kappa shape index (κ3) is 3.97. The lowest BCUT2D eigenvalue weighted by atomic mass is 10.1. The number of esters is 1. The smallest absolute Gasteiger partial charge is 0.338 e. The van der Waals surface area contributed by atoms with Gasteiger partial charge in [-0.1, -0.05) is 12.1 Å². The molecule has 0 aliphatic rings. The van der Waals surface area contributed by atoms with E-state index in [0.717, 1.165) is 11.3 Å².